The summed E-state index contributed by atoms with van der Waals surface area (Å²) in [5.74, 6) is 0.474. The normalized spacial score (nSPS) is 24.8. The van der Waals surface area contributed by atoms with E-state index in [1.807, 2.05) is 6.07 Å². The van der Waals surface area contributed by atoms with Crippen LogP contribution in [0.5, 0.6) is 0 Å². The van der Waals surface area contributed by atoms with Crippen molar-refractivity contribution in [2.24, 2.45) is 0 Å². The average molecular weight is 426 g/mol. The second kappa shape index (κ2) is 7.78. The number of aliphatic hydroxyl groups is 3. The van der Waals surface area contributed by atoms with Crippen LogP contribution in [0.25, 0.3) is 11.2 Å². The number of nitrogens with one attached hydrogen (secondary N) is 1. The lowest BCUT2D eigenvalue weighted by atomic mass is 10.1. The minimum atomic E-state index is -1.23. The van der Waals surface area contributed by atoms with E-state index in [-0.39, 0.29) is 0 Å². The molecule has 3 aromatic rings. The van der Waals surface area contributed by atoms with E-state index in [1.54, 1.807) is 12.1 Å². The molecule has 148 valence electrons. The van der Waals surface area contributed by atoms with Crippen LogP contribution in [0, 0.1) is 0 Å². The zero-order chi connectivity index (χ0) is 19.8. The highest BCUT2D eigenvalue weighted by atomic mass is 35.5. The maximum atomic E-state index is 10.2. The van der Waals surface area contributed by atoms with Gasteiger partial charge in [0.25, 0.3) is 0 Å². The molecular formula is C17H17Cl2N5O4. The van der Waals surface area contributed by atoms with Crippen molar-refractivity contribution in [3.8, 4) is 0 Å². The number of hydrogen-bond acceptors (Lipinski definition) is 8. The van der Waals surface area contributed by atoms with E-state index < -0.39 is 31.1 Å². The maximum Gasteiger partial charge on any atom is 0.167 e. The van der Waals surface area contributed by atoms with Gasteiger partial charge < -0.3 is 25.4 Å². The van der Waals surface area contributed by atoms with E-state index in [0.717, 1.165) is 5.56 Å². The van der Waals surface area contributed by atoms with Gasteiger partial charge in [-0.25, -0.2) is 15.0 Å². The minimum Gasteiger partial charge on any atom is -0.394 e. The van der Waals surface area contributed by atoms with Crippen molar-refractivity contribution in [2.45, 2.75) is 31.1 Å². The molecule has 3 heterocycles. The number of fused-ring (bicyclic) bond motifs is 1. The number of imidazole rings is 1. The monoisotopic (exact) mass is 425 g/mol. The van der Waals surface area contributed by atoms with Gasteiger partial charge in [-0.2, -0.15) is 0 Å². The predicted octanol–water partition coefficient (Wildman–Crippen LogP) is 1.36. The molecule has 1 saturated heterocycles. The maximum absolute atomic E-state index is 10.2. The van der Waals surface area contributed by atoms with Crippen LogP contribution in [-0.2, 0) is 11.3 Å². The molecule has 4 atom stereocenters. The predicted molar refractivity (Wildman–Crippen MR) is 102 cm³/mol. The second-order valence-electron chi connectivity index (χ2n) is 6.36. The summed E-state index contributed by atoms with van der Waals surface area (Å²) in [6.45, 7) is -0.0200. The largest absolute Gasteiger partial charge is 0.394 e. The molecule has 4 N–H and O–H groups in total. The summed E-state index contributed by atoms with van der Waals surface area (Å²) >= 11 is 12.1. The number of aromatic nitrogens is 4. The van der Waals surface area contributed by atoms with E-state index in [0.29, 0.717) is 33.6 Å². The van der Waals surface area contributed by atoms with Crippen molar-refractivity contribution in [1.82, 2.24) is 19.5 Å². The molecule has 28 heavy (non-hydrogen) atoms. The number of hydrogen-bond donors (Lipinski definition) is 4. The van der Waals surface area contributed by atoms with Crippen LogP contribution in [0.15, 0.2) is 30.9 Å². The van der Waals surface area contributed by atoms with Gasteiger partial charge in [0, 0.05) is 16.6 Å². The van der Waals surface area contributed by atoms with Gasteiger partial charge in [0.2, 0.25) is 0 Å². The van der Waals surface area contributed by atoms with Crippen LogP contribution in [0.3, 0.4) is 0 Å². The Morgan fingerprint density at radius 2 is 1.96 bits per heavy atom. The quantitative estimate of drug-likeness (QED) is 0.482. The Morgan fingerprint density at radius 3 is 2.68 bits per heavy atom. The molecule has 0 saturated carbocycles. The summed E-state index contributed by atoms with van der Waals surface area (Å²) in [5, 5.41) is 33.7. The van der Waals surface area contributed by atoms with Gasteiger partial charge in [-0.3, -0.25) is 4.57 Å². The smallest absolute Gasteiger partial charge is 0.167 e. The van der Waals surface area contributed by atoms with Gasteiger partial charge in [-0.1, -0.05) is 29.3 Å². The number of benzene rings is 1. The van der Waals surface area contributed by atoms with E-state index in [1.165, 1.54) is 17.2 Å². The molecule has 2 aromatic heterocycles. The molecule has 0 bridgehead atoms. The van der Waals surface area contributed by atoms with Gasteiger partial charge >= 0.3 is 0 Å². The number of rotatable bonds is 5. The summed E-state index contributed by atoms with van der Waals surface area (Å²) in [7, 11) is 0. The molecule has 0 radical (unpaired) electrons. The number of anilines is 1. The first-order chi connectivity index (χ1) is 13.5. The molecule has 1 aliphatic heterocycles. The van der Waals surface area contributed by atoms with Crippen molar-refractivity contribution >= 4 is 40.2 Å². The Labute approximate surface area is 169 Å². The number of ether oxygens (including phenoxy) is 1. The summed E-state index contributed by atoms with van der Waals surface area (Å²) in [6, 6.07) is 5.22. The third kappa shape index (κ3) is 3.41. The first-order valence-electron chi connectivity index (χ1n) is 8.47. The summed E-state index contributed by atoms with van der Waals surface area (Å²) < 4.78 is 7.05. The highest BCUT2D eigenvalue weighted by molar-refractivity contribution is 6.35. The third-order valence-corrected chi connectivity index (χ3v) is 5.20. The highest BCUT2D eigenvalue weighted by Crippen LogP contribution is 2.32. The zero-order valence-electron chi connectivity index (χ0n) is 14.4. The molecule has 9 nitrogen and oxygen atoms in total. The average Bonchev–Trinajstić information content (AvgIpc) is 3.23. The minimum absolute atomic E-state index is 0.392. The van der Waals surface area contributed by atoms with Crippen LogP contribution < -0.4 is 5.32 Å². The molecule has 0 spiro atoms. The van der Waals surface area contributed by atoms with Crippen LogP contribution in [0.1, 0.15) is 11.8 Å². The van der Waals surface area contributed by atoms with Gasteiger partial charge in [-0.05, 0) is 17.7 Å². The number of nitrogens with zero attached hydrogens (tertiary/aromatic N) is 4. The highest BCUT2D eigenvalue weighted by Gasteiger charge is 2.44. The van der Waals surface area contributed by atoms with Crippen molar-refractivity contribution < 1.29 is 20.1 Å². The van der Waals surface area contributed by atoms with E-state index in [2.05, 4.69) is 20.3 Å². The first kappa shape index (κ1) is 19.3. The van der Waals surface area contributed by atoms with Gasteiger partial charge in [0.1, 0.15) is 24.6 Å². The molecule has 11 heteroatoms. The van der Waals surface area contributed by atoms with E-state index in [4.69, 9.17) is 27.9 Å². The lowest BCUT2D eigenvalue weighted by Crippen LogP contribution is -2.33. The lowest BCUT2D eigenvalue weighted by Gasteiger charge is -2.16. The molecule has 1 aromatic carbocycles. The molecule has 0 aliphatic carbocycles. The second-order valence-corrected chi connectivity index (χ2v) is 7.21. The first-order valence-corrected chi connectivity index (χ1v) is 9.23. The Bertz CT molecular complexity index is 1000. The molecule has 4 rings (SSSR count). The Hall–Kier alpha value is -2.01. The summed E-state index contributed by atoms with van der Waals surface area (Å²) in [4.78, 5) is 12.7. The third-order valence-electron chi connectivity index (χ3n) is 4.61. The lowest BCUT2D eigenvalue weighted by molar-refractivity contribution is -0.0511. The molecule has 1 fully saturated rings. The Balaban J connectivity index is 1.60. The van der Waals surface area contributed by atoms with E-state index in [9.17, 15) is 15.3 Å². The van der Waals surface area contributed by atoms with Gasteiger partial charge in [0.15, 0.2) is 23.2 Å². The zero-order valence-corrected chi connectivity index (χ0v) is 15.9. The van der Waals surface area contributed by atoms with Crippen molar-refractivity contribution in [1.29, 1.82) is 0 Å². The fourth-order valence-electron chi connectivity index (χ4n) is 3.12. The summed E-state index contributed by atoms with van der Waals surface area (Å²) in [6.07, 6.45) is -1.45. The molecular weight excluding hydrogens is 409 g/mol. The van der Waals surface area contributed by atoms with Crippen LogP contribution in [0.2, 0.25) is 10.0 Å². The van der Waals surface area contributed by atoms with Crippen molar-refractivity contribution in [3.05, 3.63) is 46.5 Å². The number of halogens is 2. The molecule has 1 aliphatic rings. The van der Waals surface area contributed by atoms with Crippen LogP contribution in [0.4, 0.5) is 5.82 Å². The SMILES string of the molecule is OC[C@H]1OC(n2cnc3c(NCc4ccc(Cl)cc4Cl)ncnc32)[C@H](O)[C@@H]1O. The standard InChI is InChI=1S/C17H17Cl2N5O4/c18-9-2-1-8(10(19)3-9)4-20-15-12-16(22-6-21-15)24(7-23-12)17-14(27)13(26)11(5-25)28-17/h1-3,6-7,11,13-14,17,25-27H,4-5H2,(H,20,21,22)/t11-,13-,14-,17?/m1/s1. The fraction of sp³-hybridized carbons (Fsp3) is 0.353. The van der Waals surface area contributed by atoms with Crippen LogP contribution >= 0.6 is 23.2 Å². The molecule has 0 amide bonds. The Morgan fingerprint density at radius 1 is 1.14 bits per heavy atom. The van der Waals surface area contributed by atoms with Crippen molar-refractivity contribution in [3.63, 3.8) is 0 Å². The topological polar surface area (TPSA) is 126 Å². The van der Waals surface area contributed by atoms with Gasteiger partial charge in [-0.15, -0.1) is 0 Å². The van der Waals surface area contributed by atoms with Crippen molar-refractivity contribution in [2.75, 3.05) is 11.9 Å². The summed E-state index contributed by atoms with van der Waals surface area (Å²) in [5.41, 5.74) is 1.71. The molecule has 1 unspecified atom stereocenters. The number of aliphatic hydroxyl groups excluding tert-OH is 3. The van der Waals surface area contributed by atoms with E-state index >= 15 is 0 Å². The van der Waals surface area contributed by atoms with Gasteiger partial charge in [0.05, 0.1) is 12.9 Å². The van der Waals surface area contributed by atoms with Crippen LogP contribution in [-0.4, -0.2) is 59.8 Å². The Kier molecular flexibility index (Phi) is 5.37. The fourth-order valence-corrected chi connectivity index (χ4v) is 3.60.